The Kier molecular flexibility index (Phi) is 4.15. The molecule has 0 unspecified atom stereocenters. The van der Waals surface area contributed by atoms with Crippen LogP contribution in [0, 0.1) is 0 Å². The predicted octanol–water partition coefficient (Wildman–Crippen LogP) is 2.90. The van der Waals surface area contributed by atoms with Crippen LogP contribution in [0.5, 0.6) is 0 Å². The molecule has 0 spiro atoms. The van der Waals surface area contributed by atoms with Gasteiger partial charge in [0.05, 0.1) is 6.54 Å². The van der Waals surface area contributed by atoms with E-state index in [1.54, 1.807) is 0 Å². The maximum absolute atomic E-state index is 11.9. The minimum Gasteiger partial charge on any atom is -0.305 e. The van der Waals surface area contributed by atoms with Crippen LogP contribution in [0.15, 0.2) is 24.3 Å². The third kappa shape index (κ3) is 4.34. The van der Waals surface area contributed by atoms with E-state index in [0.29, 0.717) is 0 Å². The van der Waals surface area contributed by atoms with E-state index < -0.39 is 12.7 Å². The van der Waals surface area contributed by atoms with E-state index in [9.17, 15) is 13.2 Å². The van der Waals surface area contributed by atoms with Gasteiger partial charge in [0, 0.05) is 6.54 Å². The molecule has 0 fully saturated rings. The van der Waals surface area contributed by atoms with E-state index in [1.807, 2.05) is 31.2 Å². The lowest BCUT2D eigenvalue weighted by atomic mass is 10.1. The van der Waals surface area contributed by atoms with E-state index in [0.717, 1.165) is 17.5 Å². The van der Waals surface area contributed by atoms with Crippen LogP contribution in [0.1, 0.15) is 18.1 Å². The fraction of sp³-hybridized carbons (Fsp3) is 0.455. The SMILES string of the molecule is CCc1ccccc1CNCC(F)(F)F. The molecule has 1 nitrogen and oxygen atoms in total. The summed E-state index contributed by atoms with van der Waals surface area (Å²) in [5, 5.41) is 2.39. The molecular weight excluding hydrogens is 203 g/mol. The fourth-order valence-electron chi connectivity index (χ4n) is 1.41. The summed E-state index contributed by atoms with van der Waals surface area (Å²) in [5.41, 5.74) is 2.02. The first kappa shape index (κ1) is 12.0. The lowest BCUT2D eigenvalue weighted by Gasteiger charge is -2.10. The highest BCUT2D eigenvalue weighted by atomic mass is 19.4. The second-order valence-corrected chi connectivity index (χ2v) is 3.34. The molecule has 1 rings (SSSR count). The van der Waals surface area contributed by atoms with Crippen LogP contribution in [0.2, 0.25) is 0 Å². The van der Waals surface area contributed by atoms with Crippen LogP contribution in [0.25, 0.3) is 0 Å². The highest BCUT2D eigenvalue weighted by molar-refractivity contribution is 5.26. The Morgan fingerprint density at radius 2 is 1.73 bits per heavy atom. The van der Waals surface area contributed by atoms with Gasteiger partial charge in [-0.2, -0.15) is 13.2 Å². The second kappa shape index (κ2) is 5.16. The summed E-state index contributed by atoms with van der Waals surface area (Å²) in [4.78, 5) is 0. The van der Waals surface area contributed by atoms with E-state index in [1.165, 1.54) is 0 Å². The smallest absolute Gasteiger partial charge is 0.305 e. The van der Waals surface area contributed by atoms with Gasteiger partial charge in [-0.3, -0.25) is 0 Å². The zero-order chi connectivity index (χ0) is 11.3. The first-order chi connectivity index (χ1) is 7.03. The van der Waals surface area contributed by atoms with Gasteiger partial charge in [-0.1, -0.05) is 31.2 Å². The first-order valence-corrected chi connectivity index (χ1v) is 4.87. The van der Waals surface area contributed by atoms with Crippen molar-refractivity contribution in [3.05, 3.63) is 35.4 Å². The van der Waals surface area contributed by atoms with Crippen LogP contribution in [0.3, 0.4) is 0 Å². The molecule has 0 atom stereocenters. The molecule has 84 valence electrons. The van der Waals surface area contributed by atoms with E-state index in [-0.39, 0.29) is 6.54 Å². The van der Waals surface area contributed by atoms with Crippen molar-refractivity contribution in [1.29, 1.82) is 0 Å². The van der Waals surface area contributed by atoms with Crippen molar-refractivity contribution in [1.82, 2.24) is 5.32 Å². The summed E-state index contributed by atoms with van der Waals surface area (Å²) in [6.07, 6.45) is -3.30. The molecule has 0 radical (unpaired) electrons. The third-order valence-electron chi connectivity index (χ3n) is 2.14. The van der Waals surface area contributed by atoms with E-state index in [4.69, 9.17) is 0 Å². The number of aryl methyl sites for hydroxylation is 1. The number of hydrogen-bond acceptors (Lipinski definition) is 1. The normalized spacial score (nSPS) is 11.7. The molecule has 0 heterocycles. The summed E-state index contributed by atoms with van der Waals surface area (Å²) in [5.74, 6) is 0. The van der Waals surface area contributed by atoms with Crippen molar-refractivity contribution >= 4 is 0 Å². The number of rotatable bonds is 4. The zero-order valence-corrected chi connectivity index (χ0v) is 8.56. The zero-order valence-electron chi connectivity index (χ0n) is 8.56. The van der Waals surface area contributed by atoms with E-state index >= 15 is 0 Å². The van der Waals surface area contributed by atoms with Gasteiger partial charge in [-0.15, -0.1) is 0 Å². The maximum Gasteiger partial charge on any atom is 0.401 e. The van der Waals surface area contributed by atoms with Crippen molar-refractivity contribution in [2.75, 3.05) is 6.54 Å². The van der Waals surface area contributed by atoms with Crippen molar-refractivity contribution < 1.29 is 13.2 Å². The average molecular weight is 217 g/mol. The van der Waals surface area contributed by atoms with Gasteiger partial charge in [0.1, 0.15) is 0 Å². The molecule has 1 aromatic rings. The molecular formula is C11H14F3N. The molecule has 0 saturated carbocycles. The first-order valence-electron chi connectivity index (χ1n) is 4.87. The molecule has 0 bridgehead atoms. The minimum atomic E-state index is -4.14. The minimum absolute atomic E-state index is 0.267. The number of nitrogens with one attached hydrogen (secondary N) is 1. The van der Waals surface area contributed by atoms with Gasteiger partial charge < -0.3 is 5.32 Å². The van der Waals surface area contributed by atoms with Crippen LogP contribution >= 0.6 is 0 Å². The van der Waals surface area contributed by atoms with Gasteiger partial charge in [-0.05, 0) is 17.5 Å². The topological polar surface area (TPSA) is 12.0 Å². The quantitative estimate of drug-likeness (QED) is 0.817. The van der Waals surface area contributed by atoms with Gasteiger partial charge in [0.2, 0.25) is 0 Å². The Morgan fingerprint density at radius 3 is 2.27 bits per heavy atom. The lowest BCUT2D eigenvalue weighted by molar-refractivity contribution is -0.125. The van der Waals surface area contributed by atoms with Crippen molar-refractivity contribution in [2.45, 2.75) is 26.1 Å². The number of halogens is 3. The molecule has 0 aromatic heterocycles. The molecule has 0 aliphatic carbocycles. The van der Waals surface area contributed by atoms with Crippen LogP contribution in [-0.4, -0.2) is 12.7 Å². The largest absolute Gasteiger partial charge is 0.401 e. The molecule has 0 saturated heterocycles. The van der Waals surface area contributed by atoms with Crippen LogP contribution in [0.4, 0.5) is 13.2 Å². The highest BCUT2D eigenvalue weighted by Gasteiger charge is 2.26. The van der Waals surface area contributed by atoms with Crippen LogP contribution < -0.4 is 5.32 Å². The summed E-state index contributed by atoms with van der Waals surface area (Å²) in [6.45, 7) is 1.32. The molecule has 1 aromatic carbocycles. The summed E-state index contributed by atoms with van der Waals surface area (Å²) >= 11 is 0. The molecule has 15 heavy (non-hydrogen) atoms. The number of hydrogen-bond donors (Lipinski definition) is 1. The molecule has 4 heteroatoms. The molecule has 0 aliphatic heterocycles. The monoisotopic (exact) mass is 217 g/mol. The molecule has 0 amide bonds. The standard InChI is InChI=1S/C11H14F3N/c1-2-9-5-3-4-6-10(9)7-15-8-11(12,13)14/h3-6,15H,2,7-8H2,1H3. The number of alkyl halides is 3. The Morgan fingerprint density at radius 1 is 1.13 bits per heavy atom. The Balaban J connectivity index is 2.50. The maximum atomic E-state index is 11.9. The molecule has 0 aliphatic rings. The van der Waals surface area contributed by atoms with Crippen molar-refractivity contribution in [3.63, 3.8) is 0 Å². The third-order valence-corrected chi connectivity index (χ3v) is 2.14. The Bertz CT molecular complexity index is 307. The van der Waals surface area contributed by atoms with Crippen LogP contribution in [-0.2, 0) is 13.0 Å². The Hall–Kier alpha value is -1.03. The second-order valence-electron chi connectivity index (χ2n) is 3.34. The number of benzene rings is 1. The van der Waals surface area contributed by atoms with Gasteiger partial charge in [0.15, 0.2) is 0 Å². The van der Waals surface area contributed by atoms with Crippen molar-refractivity contribution in [2.24, 2.45) is 0 Å². The fourth-order valence-corrected chi connectivity index (χ4v) is 1.41. The summed E-state index contributed by atoms with van der Waals surface area (Å²) in [7, 11) is 0. The van der Waals surface area contributed by atoms with Gasteiger partial charge >= 0.3 is 6.18 Å². The summed E-state index contributed by atoms with van der Waals surface area (Å²) in [6, 6.07) is 7.52. The lowest BCUT2D eigenvalue weighted by Crippen LogP contribution is -2.28. The van der Waals surface area contributed by atoms with Gasteiger partial charge in [0.25, 0.3) is 0 Å². The molecule has 1 N–H and O–H groups in total. The average Bonchev–Trinajstić information content (AvgIpc) is 2.16. The van der Waals surface area contributed by atoms with Gasteiger partial charge in [-0.25, -0.2) is 0 Å². The highest BCUT2D eigenvalue weighted by Crippen LogP contribution is 2.13. The van der Waals surface area contributed by atoms with E-state index in [2.05, 4.69) is 5.32 Å². The summed E-state index contributed by atoms with van der Waals surface area (Å²) < 4.78 is 35.6. The predicted molar refractivity (Wildman–Crippen MR) is 53.6 cm³/mol. The Labute approximate surface area is 87.3 Å². The van der Waals surface area contributed by atoms with Crippen molar-refractivity contribution in [3.8, 4) is 0 Å².